The second kappa shape index (κ2) is 4.37. The number of H-pyrrole nitrogens is 1. The fraction of sp³-hybridized carbons (Fsp3) is 0.333. The van der Waals surface area contributed by atoms with E-state index in [1.165, 1.54) is 5.56 Å². The zero-order chi connectivity index (χ0) is 14.4. The normalized spacial score (nSPS) is 11.2. The van der Waals surface area contributed by atoms with Crippen molar-refractivity contribution in [3.05, 3.63) is 29.0 Å². The van der Waals surface area contributed by atoms with Crippen molar-refractivity contribution in [2.24, 2.45) is 7.05 Å². The number of aromatic nitrogens is 4. The van der Waals surface area contributed by atoms with Crippen LogP contribution in [0.2, 0.25) is 0 Å². The summed E-state index contributed by atoms with van der Waals surface area (Å²) < 4.78 is 7.19. The summed E-state index contributed by atoms with van der Waals surface area (Å²) in [4.78, 5) is 8.01. The van der Waals surface area contributed by atoms with E-state index in [1.807, 2.05) is 7.05 Å². The number of hydrogen-bond acceptors (Lipinski definition) is 3. The first-order chi connectivity index (χ1) is 9.52. The van der Waals surface area contributed by atoms with Crippen molar-refractivity contribution in [1.29, 1.82) is 0 Å². The van der Waals surface area contributed by atoms with Gasteiger partial charge in [0, 0.05) is 12.6 Å². The number of nitrogens with zero attached hydrogens (tertiary/aromatic N) is 3. The maximum atomic E-state index is 5.42. The Hall–Kier alpha value is -2.30. The van der Waals surface area contributed by atoms with Crippen molar-refractivity contribution >= 4 is 11.2 Å². The van der Waals surface area contributed by atoms with Crippen LogP contribution < -0.4 is 4.74 Å². The molecule has 0 amide bonds. The molecule has 0 aliphatic heterocycles. The highest BCUT2D eigenvalue weighted by atomic mass is 16.5. The maximum Gasteiger partial charge on any atom is 0.176 e. The average Bonchev–Trinajstić information content (AvgIpc) is 2.97. The van der Waals surface area contributed by atoms with Gasteiger partial charge in [0.25, 0.3) is 0 Å². The Morgan fingerprint density at radius 2 is 1.95 bits per heavy atom. The number of aryl methyl sites for hydroxylation is 2. The molecule has 0 radical (unpaired) electrons. The zero-order valence-electron chi connectivity index (χ0n) is 12.4. The molecule has 0 aliphatic rings. The number of rotatable bonds is 2. The van der Waals surface area contributed by atoms with Crippen molar-refractivity contribution in [2.75, 3.05) is 7.11 Å². The quantitative estimate of drug-likeness (QED) is 0.779. The van der Waals surface area contributed by atoms with E-state index in [0.717, 1.165) is 39.4 Å². The van der Waals surface area contributed by atoms with Gasteiger partial charge in [-0.3, -0.25) is 0 Å². The van der Waals surface area contributed by atoms with Gasteiger partial charge >= 0.3 is 0 Å². The summed E-state index contributed by atoms with van der Waals surface area (Å²) in [6.07, 6.45) is 1.80. The van der Waals surface area contributed by atoms with Gasteiger partial charge in [0.05, 0.1) is 13.3 Å². The predicted molar refractivity (Wildman–Crippen MR) is 79.1 cm³/mol. The third kappa shape index (κ3) is 1.70. The first kappa shape index (κ1) is 12.7. The molecular formula is C15H18N4O. The first-order valence-corrected chi connectivity index (χ1v) is 6.55. The molecule has 2 heterocycles. The van der Waals surface area contributed by atoms with Crippen LogP contribution in [-0.4, -0.2) is 26.9 Å². The average molecular weight is 270 g/mol. The number of imidazole rings is 1. The van der Waals surface area contributed by atoms with Crippen LogP contribution in [0.25, 0.3) is 22.6 Å². The Morgan fingerprint density at radius 3 is 2.60 bits per heavy atom. The van der Waals surface area contributed by atoms with Gasteiger partial charge in [0.15, 0.2) is 5.65 Å². The summed E-state index contributed by atoms with van der Waals surface area (Å²) in [5.41, 5.74) is 6.44. The van der Waals surface area contributed by atoms with E-state index in [2.05, 4.69) is 41.9 Å². The number of fused-ring (bicyclic) bond motifs is 1. The molecule has 20 heavy (non-hydrogen) atoms. The van der Waals surface area contributed by atoms with E-state index in [4.69, 9.17) is 4.74 Å². The first-order valence-electron chi connectivity index (χ1n) is 6.55. The van der Waals surface area contributed by atoms with Crippen molar-refractivity contribution < 1.29 is 4.74 Å². The standard InChI is InChI=1S/C15H18N4O/c1-8-6-12(20-5)9(2)10(3)13(8)14-17-11-7-16-19(4)15(11)18-14/h6-7H,1-5H3,(H,17,18). The molecule has 104 valence electrons. The van der Waals surface area contributed by atoms with Crippen LogP contribution in [0.4, 0.5) is 0 Å². The SMILES string of the molecule is COc1cc(C)c(-c2nc3c(cnn3C)[nH]2)c(C)c1C. The van der Waals surface area contributed by atoms with E-state index in [1.54, 1.807) is 18.0 Å². The highest BCUT2D eigenvalue weighted by Gasteiger charge is 2.16. The third-order valence-corrected chi connectivity index (χ3v) is 3.88. The van der Waals surface area contributed by atoms with Crippen LogP contribution in [-0.2, 0) is 7.05 Å². The summed E-state index contributed by atoms with van der Waals surface area (Å²) in [5.74, 6) is 1.80. The highest BCUT2D eigenvalue weighted by Crippen LogP contribution is 2.33. The Bertz CT molecular complexity index is 798. The van der Waals surface area contributed by atoms with Gasteiger partial charge in [-0.25, -0.2) is 9.67 Å². The van der Waals surface area contributed by atoms with Crippen LogP contribution in [0, 0.1) is 20.8 Å². The summed E-state index contributed by atoms with van der Waals surface area (Å²) in [5, 5.41) is 4.18. The van der Waals surface area contributed by atoms with E-state index in [-0.39, 0.29) is 0 Å². The van der Waals surface area contributed by atoms with E-state index >= 15 is 0 Å². The monoisotopic (exact) mass is 270 g/mol. The maximum absolute atomic E-state index is 5.42. The minimum Gasteiger partial charge on any atom is -0.496 e. The van der Waals surface area contributed by atoms with Crippen molar-refractivity contribution in [2.45, 2.75) is 20.8 Å². The van der Waals surface area contributed by atoms with Crippen LogP contribution >= 0.6 is 0 Å². The molecular weight excluding hydrogens is 252 g/mol. The molecule has 0 saturated carbocycles. The van der Waals surface area contributed by atoms with Gasteiger partial charge in [-0.2, -0.15) is 5.10 Å². The highest BCUT2D eigenvalue weighted by molar-refractivity contribution is 5.78. The van der Waals surface area contributed by atoms with Crippen LogP contribution in [0.3, 0.4) is 0 Å². The molecule has 1 aromatic carbocycles. The smallest absolute Gasteiger partial charge is 0.176 e. The molecule has 3 rings (SSSR count). The largest absolute Gasteiger partial charge is 0.496 e. The molecule has 3 aromatic rings. The summed E-state index contributed by atoms with van der Waals surface area (Å²) in [6, 6.07) is 2.06. The zero-order valence-corrected chi connectivity index (χ0v) is 12.4. The summed E-state index contributed by atoms with van der Waals surface area (Å²) >= 11 is 0. The number of nitrogens with one attached hydrogen (secondary N) is 1. The molecule has 0 aliphatic carbocycles. The van der Waals surface area contributed by atoms with Gasteiger partial charge in [-0.1, -0.05) is 0 Å². The van der Waals surface area contributed by atoms with Crippen LogP contribution in [0.5, 0.6) is 5.75 Å². The Morgan fingerprint density at radius 1 is 1.20 bits per heavy atom. The molecule has 0 fully saturated rings. The molecule has 0 bridgehead atoms. The molecule has 5 nitrogen and oxygen atoms in total. The lowest BCUT2D eigenvalue weighted by atomic mass is 9.97. The molecule has 0 atom stereocenters. The van der Waals surface area contributed by atoms with Crippen LogP contribution in [0.1, 0.15) is 16.7 Å². The number of ether oxygens (including phenoxy) is 1. The Kier molecular flexibility index (Phi) is 2.78. The lowest BCUT2D eigenvalue weighted by Crippen LogP contribution is -1.98. The molecule has 1 N–H and O–H groups in total. The summed E-state index contributed by atoms with van der Waals surface area (Å²) in [6.45, 7) is 6.25. The van der Waals surface area contributed by atoms with Crippen molar-refractivity contribution in [3.63, 3.8) is 0 Å². The molecule has 2 aromatic heterocycles. The van der Waals surface area contributed by atoms with Crippen molar-refractivity contribution in [1.82, 2.24) is 19.7 Å². The lowest BCUT2D eigenvalue weighted by molar-refractivity contribution is 0.411. The second-order valence-electron chi connectivity index (χ2n) is 5.11. The van der Waals surface area contributed by atoms with Gasteiger partial charge < -0.3 is 9.72 Å². The molecule has 0 unspecified atom stereocenters. The van der Waals surface area contributed by atoms with E-state index in [9.17, 15) is 0 Å². The predicted octanol–water partition coefficient (Wildman–Crippen LogP) is 2.90. The number of benzene rings is 1. The van der Waals surface area contributed by atoms with E-state index in [0.29, 0.717) is 0 Å². The molecule has 0 spiro atoms. The summed E-state index contributed by atoms with van der Waals surface area (Å²) in [7, 11) is 3.60. The number of methoxy groups -OCH3 is 1. The minimum absolute atomic E-state index is 0.868. The fourth-order valence-electron chi connectivity index (χ4n) is 2.65. The topological polar surface area (TPSA) is 55.7 Å². The van der Waals surface area contributed by atoms with Crippen molar-refractivity contribution in [3.8, 4) is 17.1 Å². The second-order valence-corrected chi connectivity index (χ2v) is 5.11. The fourth-order valence-corrected chi connectivity index (χ4v) is 2.65. The van der Waals surface area contributed by atoms with E-state index < -0.39 is 0 Å². The molecule has 5 heteroatoms. The van der Waals surface area contributed by atoms with Gasteiger partial charge in [-0.05, 0) is 43.5 Å². The van der Waals surface area contributed by atoms with Gasteiger partial charge in [-0.15, -0.1) is 0 Å². The lowest BCUT2D eigenvalue weighted by Gasteiger charge is -2.14. The molecule has 0 saturated heterocycles. The Balaban J connectivity index is 2.25. The van der Waals surface area contributed by atoms with Gasteiger partial charge in [0.1, 0.15) is 17.1 Å². The number of hydrogen-bond donors (Lipinski definition) is 1. The van der Waals surface area contributed by atoms with Gasteiger partial charge in [0.2, 0.25) is 0 Å². The third-order valence-electron chi connectivity index (χ3n) is 3.88. The Labute approximate surface area is 117 Å². The number of aromatic amines is 1. The van der Waals surface area contributed by atoms with Crippen LogP contribution in [0.15, 0.2) is 12.3 Å². The minimum atomic E-state index is 0.868.